The van der Waals surface area contributed by atoms with Crippen molar-refractivity contribution in [3.05, 3.63) is 54.4 Å². The fourth-order valence-electron chi connectivity index (χ4n) is 2.80. The van der Waals surface area contributed by atoms with Gasteiger partial charge in [0, 0.05) is 6.54 Å². The Bertz CT molecular complexity index is 552. The summed E-state index contributed by atoms with van der Waals surface area (Å²) in [6.07, 6.45) is 7.50. The van der Waals surface area contributed by atoms with Crippen molar-refractivity contribution in [2.24, 2.45) is 0 Å². The Balaban J connectivity index is 1.74. The quantitative estimate of drug-likeness (QED) is 0.917. The van der Waals surface area contributed by atoms with Crippen LogP contribution in [-0.2, 0) is 0 Å². The number of halogens is 1. The van der Waals surface area contributed by atoms with Crippen LogP contribution in [0.25, 0.3) is 0 Å². The van der Waals surface area contributed by atoms with Gasteiger partial charge in [-0.25, -0.2) is 14.4 Å². The molecular weight excluding hydrogens is 267 g/mol. The SMILES string of the molecule is Fc1ccc(C(CNc2cncnc2)N2CCCC2)cc1. The zero-order valence-corrected chi connectivity index (χ0v) is 11.9. The van der Waals surface area contributed by atoms with E-state index in [0.29, 0.717) is 0 Å². The number of benzene rings is 1. The molecule has 1 atom stereocenters. The zero-order chi connectivity index (χ0) is 14.5. The first-order chi connectivity index (χ1) is 10.3. The lowest BCUT2D eigenvalue weighted by Gasteiger charge is -2.28. The van der Waals surface area contributed by atoms with Gasteiger partial charge in [0.1, 0.15) is 12.1 Å². The molecule has 0 bridgehead atoms. The van der Waals surface area contributed by atoms with E-state index in [0.717, 1.165) is 30.9 Å². The minimum atomic E-state index is -0.191. The predicted molar refractivity (Wildman–Crippen MR) is 80.5 cm³/mol. The molecule has 0 aliphatic carbocycles. The molecule has 1 N–H and O–H groups in total. The molecular formula is C16H19FN4. The number of hydrogen-bond donors (Lipinski definition) is 1. The average Bonchev–Trinajstić information content (AvgIpc) is 3.04. The number of aromatic nitrogens is 2. The maximum atomic E-state index is 13.1. The van der Waals surface area contributed by atoms with E-state index in [2.05, 4.69) is 20.2 Å². The van der Waals surface area contributed by atoms with Crippen molar-refractivity contribution in [1.82, 2.24) is 14.9 Å². The Morgan fingerprint density at radius 1 is 1.10 bits per heavy atom. The summed E-state index contributed by atoms with van der Waals surface area (Å²) in [7, 11) is 0. The van der Waals surface area contributed by atoms with Crippen LogP contribution in [0.3, 0.4) is 0 Å². The number of nitrogens with zero attached hydrogens (tertiary/aromatic N) is 3. The van der Waals surface area contributed by atoms with E-state index in [4.69, 9.17) is 0 Å². The van der Waals surface area contributed by atoms with E-state index >= 15 is 0 Å². The first-order valence-electron chi connectivity index (χ1n) is 7.31. The number of hydrogen-bond acceptors (Lipinski definition) is 4. The zero-order valence-electron chi connectivity index (χ0n) is 11.9. The molecule has 0 amide bonds. The molecule has 21 heavy (non-hydrogen) atoms. The van der Waals surface area contributed by atoms with Crippen molar-refractivity contribution in [3.63, 3.8) is 0 Å². The van der Waals surface area contributed by atoms with Crippen LogP contribution >= 0.6 is 0 Å². The summed E-state index contributed by atoms with van der Waals surface area (Å²) < 4.78 is 13.1. The monoisotopic (exact) mass is 286 g/mol. The van der Waals surface area contributed by atoms with Gasteiger partial charge in [-0.15, -0.1) is 0 Å². The third-order valence-electron chi connectivity index (χ3n) is 3.90. The molecule has 0 saturated carbocycles. The number of likely N-dealkylation sites (tertiary alicyclic amines) is 1. The maximum absolute atomic E-state index is 13.1. The van der Waals surface area contributed by atoms with E-state index in [9.17, 15) is 4.39 Å². The molecule has 3 rings (SSSR count). The first kappa shape index (κ1) is 13.9. The fourth-order valence-corrected chi connectivity index (χ4v) is 2.80. The molecule has 1 saturated heterocycles. The number of anilines is 1. The van der Waals surface area contributed by atoms with Crippen LogP contribution in [0.1, 0.15) is 24.4 Å². The standard InChI is InChI=1S/C16H19FN4/c17-14-5-3-13(4-6-14)16(21-7-1-2-8-21)11-20-15-9-18-12-19-10-15/h3-6,9-10,12,16,20H,1-2,7-8,11H2. The molecule has 110 valence electrons. The molecule has 4 nitrogen and oxygen atoms in total. The molecule has 2 aromatic rings. The van der Waals surface area contributed by atoms with Crippen LogP contribution in [0.5, 0.6) is 0 Å². The highest BCUT2D eigenvalue weighted by molar-refractivity contribution is 5.38. The van der Waals surface area contributed by atoms with Gasteiger partial charge in [-0.1, -0.05) is 12.1 Å². The molecule has 2 heterocycles. The van der Waals surface area contributed by atoms with E-state index in [1.54, 1.807) is 12.4 Å². The van der Waals surface area contributed by atoms with Gasteiger partial charge in [-0.2, -0.15) is 0 Å². The lowest BCUT2D eigenvalue weighted by Crippen LogP contribution is -2.31. The first-order valence-corrected chi connectivity index (χ1v) is 7.31. The smallest absolute Gasteiger partial charge is 0.123 e. The van der Waals surface area contributed by atoms with Gasteiger partial charge in [0.25, 0.3) is 0 Å². The molecule has 0 radical (unpaired) electrons. The predicted octanol–water partition coefficient (Wildman–Crippen LogP) is 2.86. The highest BCUT2D eigenvalue weighted by atomic mass is 19.1. The van der Waals surface area contributed by atoms with Gasteiger partial charge >= 0.3 is 0 Å². The van der Waals surface area contributed by atoms with E-state index < -0.39 is 0 Å². The highest BCUT2D eigenvalue weighted by Crippen LogP contribution is 2.25. The van der Waals surface area contributed by atoms with Crippen molar-refractivity contribution < 1.29 is 4.39 Å². The molecule has 5 heteroatoms. The minimum Gasteiger partial charge on any atom is -0.381 e. The fraction of sp³-hybridized carbons (Fsp3) is 0.375. The maximum Gasteiger partial charge on any atom is 0.123 e. The second-order valence-corrected chi connectivity index (χ2v) is 5.32. The van der Waals surface area contributed by atoms with E-state index in [1.165, 1.54) is 31.3 Å². The third-order valence-corrected chi connectivity index (χ3v) is 3.90. The van der Waals surface area contributed by atoms with E-state index in [1.807, 2.05) is 12.1 Å². The molecule has 1 aliphatic rings. The molecule has 1 fully saturated rings. The summed E-state index contributed by atoms with van der Waals surface area (Å²) in [6, 6.07) is 7.06. The summed E-state index contributed by atoms with van der Waals surface area (Å²) in [4.78, 5) is 10.5. The minimum absolute atomic E-state index is 0.191. The molecule has 1 aromatic heterocycles. The van der Waals surface area contributed by atoms with Gasteiger partial charge < -0.3 is 5.32 Å². The van der Waals surface area contributed by atoms with Gasteiger partial charge in [0.15, 0.2) is 0 Å². The largest absolute Gasteiger partial charge is 0.381 e. The van der Waals surface area contributed by atoms with Crippen LogP contribution < -0.4 is 5.32 Å². The van der Waals surface area contributed by atoms with Gasteiger partial charge in [-0.3, -0.25) is 4.90 Å². The Morgan fingerprint density at radius 3 is 2.43 bits per heavy atom. The van der Waals surface area contributed by atoms with Crippen molar-refractivity contribution in [2.75, 3.05) is 25.0 Å². The molecule has 1 aromatic carbocycles. The summed E-state index contributed by atoms with van der Waals surface area (Å²) in [5.74, 6) is -0.191. The third kappa shape index (κ3) is 3.55. The van der Waals surface area contributed by atoms with Crippen LogP contribution in [0.15, 0.2) is 43.0 Å². The van der Waals surface area contributed by atoms with Crippen LogP contribution in [-0.4, -0.2) is 34.5 Å². The summed E-state index contributed by atoms with van der Waals surface area (Å²) in [5.41, 5.74) is 2.05. The number of rotatable bonds is 5. The van der Waals surface area contributed by atoms with Crippen molar-refractivity contribution in [1.29, 1.82) is 0 Å². The van der Waals surface area contributed by atoms with Crippen LogP contribution in [0.2, 0.25) is 0 Å². The molecule has 0 spiro atoms. The summed E-state index contributed by atoms with van der Waals surface area (Å²) in [6.45, 7) is 2.95. The average molecular weight is 286 g/mol. The van der Waals surface area contributed by atoms with Crippen LogP contribution in [0, 0.1) is 5.82 Å². The van der Waals surface area contributed by atoms with E-state index in [-0.39, 0.29) is 11.9 Å². The Hall–Kier alpha value is -2.01. The highest BCUT2D eigenvalue weighted by Gasteiger charge is 2.23. The number of nitrogens with one attached hydrogen (secondary N) is 1. The lowest BCUT2D eigenvalue weighted by atomic mass is 10.1. The lowest BCUT2D eigenvalue weighted by molar-refractivity contribution is 0.256. The molecule has 1 aliphatic heterocycles. The second-order valence-electron chi connectivity index (χ2n) is 5.32. The topological polar surface area (TPSA) is 41.1 Å². The Morgan fingerprint density at radius 2 is 1.76 bits per heavy atom. The van der Waals surface area contributed by atoms with Gasteiger partial charge in [0.2, 0.25) is 0 Å². The second kappa shape index (κ2) is 6.63. The van der Waals surface area contributed by atoms with Crippen LogP contribution in [0.4, 0.5) is 10.1 Å². The van der Waals surface area contributed by atoms with Gasteiger partial charge in [0.05, 0.1) is 24.1 Å². The van der Waals surface area contributed by atoms with Crippen molar-refractivity contribution in [3.8, 4) is 0 Å². The van der Waals surface area contributed by atoms with Crippen molar-refractivity contribution in [2.45, 2.75) is 18.9 Å². The summed E-state index contributed by atoms with van der Waals surface area (Å²) in [5, 5.41) is 3.37. The Kier molecular flexibility index (Phi) is 4.40. The Labute approximate surface area is 124 Å². The molecule has 1 unspecified atom stereocenters. The normalized spacial score (nSPS) is 16.8. The van der Waals surface area contributed by atoms with Crippen molar-refractivity contribution >= 4 is 5.69 Å². The van der Waals surface area contributed by atoms with Gasteiger partial charge in [-0.05, 0) is 43.6 Å². The summed E-state index contributed by atoms with van der Waals surface area (Å²) >= 11 is 0.